The molecule has 12 rings (SSSR count). The highest BCUT2D eigenvalue weighted by Gasteiger charge is 2.30. The highest BCUT2D eigenvalue weighted by molar-refractivity contribution is 5.28. The van der Waals surface area contributed by atoms with Gasteiger partial charge in [0.25, 0.3) is 0 Å². The first-order valence-corrected chi connectivity index (χ1v) is 45.2. The van der Waals surface area contributed by atoms with Gasteiger partial charge in [0.1, 0.15) is 5.82 Å². The molecule has 0 amide bonds. The molecule has 23 heteroatoms. The van der Waals surface area contributed by atoms with Crippen LogP contribution in [0.5, 0.6) is 0 Å². The van der Waals surface area contributed by atoms with E-state index in [0.717, 1.165) is 48.1 Å². The summed E-state index contributed by atoms with van der Waals surface area (Å²) in [6.45, 7) is 94.0. The summed E-state index contributed by atoms with van der Waals surface area (Å²) in [5.41, 5.74) is 14.3. The average molecular weight is 1650 g/mol. The third-order valence-electron chi connectivity index (χ3n) is 21.1. The van der Waals surface area contributed by atoms with Crippen LogP contribution in [0.4, 0.5) is 0 Å². The Kier molecular flexibility index (Phi) is 43.4. The molecule has 2 atom stereocenters. The van der Waals surface area contributed by atoms with E-state index in [2.05, 4.69) is 407 Å². The van der Waals surface area contributed by atoms with Crippen molar-refractivity contribution in [1.82, 2.24) is 108 Å². The minimum atomic E-state index is -0.0415. The molecule has 23 nitrogen and oxygen atoms in total. The lowest BCUT2D eigenvalue weighted by Gasteiger charge is -2.21. The zero-order valence-corrected chi connectivity index (χ0v) is 83.1. The molecule has 2 aliphatic rings. The number of nitrogens with zero attached hydrogens (tertiary/aromatic N) is 22. The van der Waals surface area contributed by atoms with Gasteiger partial charge in [-0.2, -0.15) is 20.1 Å². The molecule has 0 saturated carbocycles. The van der Waals surface area contributed by atoms with Crippen molar-refractivity contribution < 1.29 is 4.42 Å². The van der Waals surface area contributed by atoms with Crippen LogP contribution in [-0.4, -0.2) is 108 Å². The lowest BCUT2D eigenvalue weighted by atomic mass is 9.91. The van der Waals surface area contributed by atoms with Gasteiger partial charge in [0.2, 0.25) is 11.8 Å². The van der Waals surface area contributed by atoms with E-state index in [1.165, 1.54) is 75.2 Å². The van der Waals surface area contributed by atoms with E-state index in [1.807, 2.05) is 68.3 Å². The number of imidazole rings is 3. The molecule has 0 N–H and O–H groups in total. The van der Waals surface area contributed by atoms with E-state index in [0.29, 0.717) is 113 Å². The average Bonchev–Trinajstić information content (AvgIpc) is 1.64. The third kappa shape index (κ3) is 33.0. The first kappa shape index (κ1) is 105. The molecule has 0 aromatic carbocycles. The zero-order chi connectivity index (χ0) is 90.7. The van der Waals surface area contributed by atoms with Crippen LogP contribution >= 0.6 is 0 Å². The summed E-state index contributed by atoms with van der Waals surface area (Å²) in [7, 11) is 0. The first-order chi connectivity index (χ1) is 55.2. The summed E-state index contributed by atoms with van der Waals surface area (Å²) in [4.78, 5) is 14.6. The van der Waals surface area contributed by atoms with E-state index in [9.17, 15) is 0 Å². The van der Waals surface area contributed by atoms with Gasteiger partial charge in [-0.05, 0) is 217 Å². The summed E-state index contributed by atoms with van der Waals surface area (Å²) in [6.07, 6.45) is 24.1. The van der Waals surface area contributed by atoms with Gasteiger partial charge >= 0.3 is 0 Å². The summed E-state index contributed by atoms with van der Waals surface area (Å²) in [5.74, 6) is 11.0. The van der Waals surface area contributed by atoms with Crippen molar-refractivity contribution in [2.75, 3.05) is 0 Å². The fourth-order valence-corrected chi connectivity index (χ4v) is 13.2. The zero-order valence-electron chi connectivity index (χ0n) is 83.1. The van der Waals surface area contributed by atoms with Crippen LogP contribution < -0.4 is 0 Å². The Morgan fingerprint density at radius 2 is 1.03 bits per heavy atom. The maximum atomic E-state index is 5.49. The monoisotopic (exact) mass is 1650 g/mol. The van der Waals surface area contributed by atoms with Crippen LogP contribution in [0, 0.1) is 25.7 Å². The van der Waals surface area contributed by atoms with Gasteiger partial charge in [0, 0.05) is 145 Å². The van der Waals surface area contributed by atoms with Crippen molar-refractivity contribution in [3.8, 4) is 0 Å². The number of aromatic nitrogens is 22. The summed E-state index contributed by atoms with van der Waals surface area (Å²) >= 11 is 0. The largest absolute Gasteiger partial charge is 0.424 e. The number of fused-ring (bicyclic) bond motifs is 2. The molecule has 119 heavy (non-hydrogen) atoms. The predicted octanol–water partition coefficient (Wildman–Crippen LogP) is 26.3. The molecular weight excluding hydrogens is 1480 g/mol. The van der Waals surface area contributed by atoms with Crippen molar-refractivity contribution in [3.63, 3.8) is 0 Å². The summed E-state index contributed by atoms with van der Waals surface area (Å²) in [6, 6.07) is 8.48. The second kappa shape index (κ2) is 49.1. The smallest absolute Gasteiger partial charge is 0.221 e. The number of hydrogen-bond donors (Lipinski definition) is 0. The van der Waals surface area contributed by atoms with Gasteiger partial charge in [0.15, 0.2) is 5.82 Å². The van der Waals surface area contributed by atoms with Gasteiger partial charge in [-0.1, -0.05) is 192 Å². The number of tetrazole rings is 1. The molecule has 0 bridgehead atoms. The summed E-state index contributed by atoms with van der Waals surface area (Å²) in [5, 5.41) is 41.5. The number of aryl methyl sites for hydroxylation is 3. The normalized spacial score (nSPS) is 13.8. The van der Waals surface area contributed by atoms with Gasteiger partial charge in [-0.3, -0.25) is 14.0 Å². The van der Waals surface area contributed by atoms with E-state index in [1.54, 1.807) is 4.80 Å². The van der Waals surface area contributed by atoms with Crippen molar-refractivity contribution in [2.24, 2.45) is 11.8 Å². The Labute approximate surface area is 722 Å². The van der Waals surface area contributed by atoms with Crippen LogP contribution in [-0.2, 0) is 18.4 Å². The van der Waals surface area contributed by atoms with E-state index < -0.39 is 0 Å². The van der Waals surface area contributed by atoms with Gasteiger partial charge in [-0.25, -0.2) is 19.6 Å². The fourth-order valence-electron chi connectivity index (χ4n) is 13.2. The molecule has 0 radical (unpaired) electrons. The van der Waals surface area contributed by atoms with Crippen molar-refractivity contribution in [1.29, 1.82) is 0 Å². The van der Waals surface area contributed by atoms with Gasteiger partial charge in [0.05, 0.1) is 47.7 Å². The van der Waals surface area contributed by atoms with Crippen LogP contribution in [0.1, 0.15) is 496 Å². The SMILES string of the molecule is CC(C)c1cc2n(n1)CCC2C(C)C.CC(C)c1ccn(C(C)C)c1.CC(C)c1cn(C(C)C)cn1.CC(C)c1cn(C(C)C)nn1.CC(C)c1cnc2n1C(C(C)C)CC2.CC(C)c1cncn1C(C)C.CC(C)c1cnn(C(C)C)c1.CC(C)c1nnc(C(C)(C)C)o1.CC(C)c1nnn(C(C)C)n1.Cc1nn(C(C)C)c(C)c1C(C)C. The molecule has 10 aromatic heterocycles. The highest BCUT2D eigenvalue weighted by atomic mass is 16.4. The molecule has 12 heterocycles. The molecule has 670 valence electrons. The lowest BCUT2D eigenvalue weighted by Crippen LogP contribution is -2.14. The second-order valence-corrected chi connectivity index (χ2v) is 39.3. The Morgan fingerprint density at radius 1 is 0.445 bits per heavy atom. The van der Waals surface area contributed by atoms with Crippen molar-refractivity contribution >= 4 is 0 Å². The van der Waals surface area contributed by atoms with Crippen LogP contribution in [0.3, 0.4) is 0 Å². The third-order valence-corrected chi connectivity index (χ3v) is 21.1. The predicted molar refractivity (Wildman–Crippen MR) is 496 cm³/mol. The molecule has 2 aliphatic heterocycles. The maximum Gasteiger partial charge on any atom is 0.221 e. The van der Waals surface area contributed by atoms with E-state index in [4.69, 9.17) is 4.42 Å². The molecular formula is C96H170N22O. The van der Waals surface area contributed by atoms with E-state index in [-0.39, 0.29) is 5.41 Å². The molecule has 0 fully saturated rings. The molecule has 0 spiro atoms. The second-order valence-electron chi connectivity index (χ2n) is 39.3. The van der Waals surface area contributed by atoms with E-state index >= 15 is 0 Å². The first-order valence-electron chi connectivity index (χ1n) is 45.2. The van der Waals surface area contributed by atoms with Crippen LogP contribution in [0.15, 0.2) is 78.8 Å². The van der Waals surface area contributed by atoms with Crippen LogP contribution in [0.2, 0.25) is 0 Å². The molecule has 2 unspecified atom stereocenters. The quantitative estimate of drug-likeness (QED) is 0.0734. The number of hydrogen-bond acceptors (Lipinski definition) is 14. The van der Waals surface area contributed by atoms with Crippen LogP contribution in [0.25, 0.3) is 0 Å². The molecule has 0 aliphatic carbocycles. The molecule has 0 saturated heterocycles. The Hall–Kier alpha value is -8.11. The summed E-state index contributed by atoms with van der Waals surface area (Å²) < 4.78 is 22.8. The molecule has 10 aromatic rings. The Bertz CT molecular complexity index is 3950. The van der Waals surface area contributed by atoms with Gasteiger partial charge < -0.3 is 22.7 Å². The maximum absolute atomic E-state index is 5.49. The fraction of sp³-hybridized carbons (Fsp3) is 0.719. The minimum absolute atomic E-state index is 0.0415. The Balaban J connectivity index is 0.000000342. The topological polar surface area (TPSA) is 225 Å². The number of rotatable bonds is 19. The standard InChI is InChI=1S/2C12H20N2.C11H20N2.C10H17N.C9H16N2O.3C9H16N2.C8H15N3.C7H14N4/c1-8(2)10-5-6-14-12(10)7-11(13-14)9(3)4;1-8(2)10-5-6-12-13-7-11(9(3)4)14(10)12;1-7(2)11-9(5)12-13(8(3)4)10(11)6;1-8(2)10-5-6-11(7-10)9(3)4;1-6(2)7-10-11-8(12-7)9(3,4)5;1-7(2)9-5-11(6-10-9)8(3)4;1-7(2)9-5-10-6-11(9)8(3)4;1-7(2)9-5-10-11(6-9)8(3)4;1-6(2)8-5-11(7(3)4)10-9-8;1-5(2)7-8-10-11(9-7)6(3)4/h2*7-10H,5-6H2,1-4H3;7-8H,1-6H3;5-9H,1-4H3;6H,1-5H3;3*5-8H,1-4H3;5-7H,1-4H3;5-6H,1-4H3. The van der Waals surface area contributed by atoms with Crippen molar-refractivity contribution in [3.05, 3.63) is 160 Å². The lowest BCUT2D eigenvalue weighted by molar-refractivity contribution is 0.363. The van der Waals surface area contributed by atoms with Crippen molar-refractivity contribution in [2.45, 2.75) is 442 Å². The van der Waals surface area contributed by atoms with Gasteiger partial charge in [-0.15, -0.1) is 25.5 Å². The Morgan fingerprint density at radius 3 is 1.38 bits per heavy atom. The highest BCUT2D eigenvalue weighted by Crippen LogP contribution is 2.37. The minimum Gasteiger partial charge on any atom is -0.424 e.